The molecule has 3 nitrogen and oxygen atoms in total. The molecule has 4 rings (SSSR count). The number of aromatic nitrogens is 1. The van der Waals surface area contributed by atoms with Crippen LogP contribution in [-0.4, -0.2) is 17.1 Å². The number of aryl methyl sites for hydroxylation is 1. The second kappa shape index (κ2) is 6.40. The van der Waals surface area contributed by atoms with E-state index in [4.69, 9.17) is 4.74 Å². The molecule has 3 aromatic rings. The zero-order valence-corrected chi connectivity index (χ0v) is 14.8. The van der Waals surface area contributed by atoms with Crippen LogP contribution in [0.5, 0.6) is 0 Å². The summed E-state index contributed by atoms with van der Waals surface area (Å²) in [6.45, 7) is 4.35. The number of rotatable bonds is 5. The van der Waals surface area contributed by atoms with Gasteiger partial charge in [0, 0.05) is 29.1 Å². The van der Waals surface area contributed by atoms with Gasteiger partial charge in [0.05, 0.1) is 12.2 Å². The normalized spacial score (nSPS) is 14.0. The summed E-state index contributed by atoms with van der Waals surface area (Å²) in [7, 11) is 0. The number of ether oxygens (including phenoxy) is 1. The molecule has 0 bridgehead atoms. The summed E-state index contributed by atoms with van der Waals surface area (Å²) in [6, 6.07) is 17.5. The van der Waals surface area contributed by atoms with Crippen LogP contribution in [0.15, 0.2) is 48.5 Å². The summed E-state index contributed by atoms with van der Waals surface area (Å²) < 4.78 is 7.60. The van der Waals surface area contributed by atoms with Gasteiger partial charge in [0.2, 0.25) is 0 Å². The van der Waals surface area contributed by atoms with Gasteiger partial charge < -0.3 is 9.30 Å². The molecule has 3 heteroatoms. The lowest BCUT2D eigenvalue weighted by atomic mass is 10.1. The van der Waals surface area contributed by atoms with Crippen LogP contribution < -0.4 is 0 Å². The van der Waals surface area contributed by atoms with E-state index in [1.54, 1.807) is 0 Å². The summed E-state index contributed by atoms with van der Waals surface area (Å²) in [5, 5.41) is 1.12. The van der Waals surface area contributed by atoms with Crippen LogP contribution in [-0.2, 0) is 11.2 Å². The fraction of sp³-hybridized carbons (Fsp3) is 0.318. The number of hydrogen-bond acceptors (Lipinski definition) is 2. The first-order valence-electron chi connectivity index (χ1n) is 9.02. The largest absolute Gasteiger partial charge is 0.462 e. The van der Waals surface area contributed by atoms with Crippen molar-refractivity contribution < 1.29 is 9.53 Å². The minimum atomic E-state index is -0.247. The minimum absolute atomic E-state index is 0.247. The molecule has 1 aliphatic rings. The number of benzene rings is 2. The molecule has 1 aromatic heterocycles. The van der Waals surface area contributed by atoms with Crippen molar-refractivity contribution in [3.63, 3.8) is 0 Å². The Morgan fingerprint density at radius 1 is 1.12 bits per heavy atom. The predicted molar refractivity (Wildman–Crippen MR) is 100 cm³/mol. The van der Waals surface area contributed by atoms with Crippen LogP contribution in [0.3, 0.4) is 0 Å². The summed E-state index contributed by atoms with van der Waals surface area (Å²) in [5.74, 6) is -0.247. The molecule has 0 unspecified atom stereocenters. The molecule has 1 saturated carbocycles. The first-order valence-corrected chi connectivity index (χ1v) is 9.02. The summed E-state index contributed by atoms with van der Waals surface area (Å²) in [4.78, 5) is 12.0. The highest BCUT2D eigenvalue weighted by Gasteiger charge is 2.27. The van der Waals surface area contributed by atoms with Crippen molar-refractivity contribution in [1.29, 1.82) is 0 Å². The van der Waals surface area contributed by atoms with Gasteiger partial charge in [0.15, 0.2) is 0 Å². The number of carbonyl (C=O) groups is 1. The highest BCUT2D eigenvalue weighted by Crippen LogP contribution is 2.40. The van der Waals surface area contributed by atoms with E-state index < -0.39 is 0 Å². The molecular formula is C22H23NO2. The van der Waals surface area contributed by atoms with Gasteiger partial charge in [0.1, 0.15) is 0 Å². The van der Waals surface area contributed by atoms with E-state index in [1.807, 2.05) is 19.1 Å². The Labute approximate surface area is 148 Å². The fourth-order valence-corrected chi connectivity index (χ4v) is 3.45. The van der Waals surface area contributed by atoms with E-state index >= 15 is 0 Å². The van der Waals surface area contributed by atoms with E-state index in [9.17, 15) is 4.79 Å². The second-order valence-electron chi connectivity index (χ2n) is 6.89. The van der Waals surface area contributed by atoms with Gasteiger partial charge in [-0.25, -0.2) is 4.79 Å². The Morgan fingerprint density at radius 2 is 1.88 bits per heavy atom. The average Bonchev–Trinajstić information content (AvgIpc) is 3.38. The van der Waals surface area contributed by atoms with Crippen molar-refractivity contribution in [2.75, 3.05) is 6.61 Å². The van der Waals surface area contributed by atoms with E-state index in [0.29, 0.717) is 18.2 Å². The van der Waals surface area contributed by atoms with Crippen LogP contribution in [0, 0.1) is 6.92 Å². The van der Waals surface area contributed by atoms with Crippen LogP contribution >= 0.6 is 0 Å². The molecule has 0 aliphatic heterocycles. The Morgan fingerprint density at radius 3 is 2.56 bits per heavy atom. The first kappa shape index (κ1) is 15.9. The number of fused-ring (bicyclic) bond motifs is 1. The highest BCUT2D eigenvalue weighted by atomic mass is 16.5. The average molecular weight is 333 g/mol. The SMILES string of the molecule is CCOC(=O)c1ccc2c(c1)cc(Cc1ccc(C)cc1)n2C1CC1. The smallest absolute Gasteiger partial charge is 0.338 e. The lowest BCUT2D eigenvalue weighted by molar-refractivity contribution is 0.0526. The summed E-state index contributed by atoms with van der Waals surface area (Å²) in [5.41, 5.74) is 5.77. The van der Waals surface area contributed by atoms with Crippen molar-refractivity contribution in [2.45, 2.75) is 39.2 Å². The van der Waals surface area contributed by atoms with Crippen molar-refractivity contribution in [1.82, 2.24) is 4.57 Å². The van der Waals surface area contributed by atoms with Gasteiger partial charge in [-0.15, -0.1) is 0 Å². The molecule has 1 fully saturated rings. The molecule has 0 atom stereocenters. The van der Waals surface area contributed by atoms with Crippen molar-refractivity contribution in [3.8, 4) is 0 Å². The Hall–Kier alpha value is -2.55. The Kier molecular flexibility index (Phi) is 4.08. The zero-order chi connectivity index (χ0) is 17.4. The third kappa shape index (κ3) is 3.19. The van der Waals surface area contributed by atoms with E-state index in [0.717, 1.165) is 11.8 Å². The predicted octanol–water partition coefficient (Wildman–Crippen LogP) is 5.05. The number of esters is 1. The lowest BCUT2D eigenvalue weighted by Crippen LogP contribution is -2.04. The molecule has 1 aliphatic carbocycles. The third-order valence-electron chi connectivity index (χ3n) is 4.85. The van der Waals surface area contributed by atoms with E-state index in [-0.39, 0.29) is 5.97 Å². The van der Waals surface area contributed by atoms with Gasteiger partial charge in [-0.3, -0.25) is 0 Å². The van der Waals surface area contributed by atoms with Crippen molar-refractivity contribution in [3.05, 3.63) is 70.9 Å². The molecule has 128 valence electrons. The van der Waals surface area contributed by atoms with Crippen LogP contribution in [0.4, 0.5) is 0 Å². The van der Waals surface area contributed by atoms with Gasteiger partial charge in [-0.1, -0.05) is 29.8 Å². The molecule has 0 saturated heterocycles. The number of carbonyl (C=O) groups excluding carboxylic acids is 1. The van der Waals surface area contributed by atoms with Gasteiger partial charge >= 0.3 is 5.97 Å². The third-order valence-corrected chi connectivity index (χ3v) is 4.85. The highest BCUT2D eigenvalue weighted by molar-refractivity contribution is 5.95. The van der Waals surface area contributed by atoms with Gasteiger partial charge in [-0.05, 0) is 56.5 Å². The monoisotopic (exact) mass is 333 g/mol. The zero-order valence-electron chi connectivity index (χ0n) is 14.8. The maximum atomic E-state index is 12.0. The molecule has 0 radical (unpaired) electrons. The van der Waals surface area contributed by atoms with Crippen LogP contribution in [0.1, 0.15) is 53.0 Å². The van der Waals surface area contributed by atoms with Crippen molar-refractivity contribution >= 4 is 16.9 Å². The lowest BCUT2D eigenvalue weighted by Gasteiger charge is -2.10. The Balaban J connectivity index is 1.73. The van der Waals surface area contributed by atoms with E-state index in [1.165, 1.54) is 35.2 Å². The maximum absolute atomic E-state index is 12.0. The summed E-state index contributed by atoms with van der Waals surface area (Å²) in [6.07, 6.45) is 3.40. The van der Waals surface area contributed by atoms with Gasteiger partial charge in [-0.2, -0.15) is 0 Å². The maximum Gasteiger partial charge on any atom is 0.338 e. The molecule has 0 spiro atoms. The molecular weight excluding hydrogens is 310 g/mol. The van der Waals surface area contributed by atoms with Crippen LogP contribution in [0.25, 0.3) is 10.9 Å². The molecule has 1 heterocycles. The summed E-state index contributed by atoms with van der Waals surface area (Å²) >= 11 is 0. The number of hydrogen-bond donors (Lipinski definition) is 0. The Bertz CT molecular complexity index is 917. The second-order valence-corrected chi connectivity index (χ2v) is 6.89. The molecule has 0 amide bonds. The standard InChI is InChI=1S/C22H23NO2/c1-3-25-22(24)17-8-11-21-18(13-17)14-20(23(21)19-9-10-19)12-16-6-4-15(2)5-7-16/h4-8,11,13-14,19H,3,9-10,12H2,1-2H3. The van der Waals surface area contributed by atoms with Crippen molar-refractivity contribution in [2.24, 2.45) is 0 Å². The molecule has 2 aromatic carbocycles. The van der Waals surface area contributed by atoms with Crippen LogP contribution in [0.2, 0.25) is 0 Å². The molecule has 0 N–H and O–H groups in total. The fourth-order valence-electron chi connectivity index (χ4n) is 3.45. The minimum Gasteiger partial charge on any atom is -0.462 e. The van der Waals surface area contributed by atoms with E-state index in [2.05, 4.69) is 47.9 Å². The number of nitrogens with zero attached hydrogens (tertiary/aromatic N) is 1. The molecule has 25 heavy (non-hydrogen) atoms. The quantitative estimate of drug-likeness (QED) is 0.612. The first-order chi connectivity index (χ1) is 12.2. The van der Waals surface area contributed by atoms with Gasteiger partial charge in [0.25, 0.3) is 0 Å². The topological polar surface area (TPSA) is 31.2 Å².